The highest BCUT2D eigenvalue weighted by Crippen LogP contribution is 2.24. The molecule has 1 heterocycles. The fourth-order valence-corrected chi connectivity index (χ4v) is 2.81. The van der Waals surface area contributed by atoms with Crippen molar-refractivity contribution in [3.05, 3.63) is 51.9 Å². The van der Waals surface area contributed by atoms with Crippen LogP contribution in [0.3, 0.4) is 0 Å². The molecule has 102 valence electrons. The van der Waals surface area contributed by atoms with Crippen molar-refractivity contribution in [3.8, 4) is 0 Å². The van der Waals surface area contributed by atoms with E-state index in [2.05, 4.69) is 0 Å². The van der Waals surface area contributed by atoms with E-state index < -0.39 is 26.6 Å². The Morgan fingerprint density at radius 3 is 2.55 bits per heavy atom. The molecule has 2 aromatic rings. The molecule has 0 radical (unpaired) electrons. The topological polar surface area (TPSA) is 102 Å². The van der Waals surface area contributed by atoms with Crippen molar-refractivity contribution in [1.82, 2.24) is 0 Å². The molecule has 0 aliphatic heterocycles. The van der Waals surface area contributed by atoms with Gasteiger partial charge in [0.15, 0.2) is 11.0 Å². The van der Waals surface area contributed by atoms with Gasteiger partial charge in [0.1, 0.15) is 16.9 Å². The predicted octanol–water partition coefficient (Wildman–Crippen LogP) is 1.26. The SMILES string of the molecule is O=C1c2c(oc3ccccc3c2=O)C=CC1S(=O)(=O)O. The predicted molar refractivity (Wildman–Crippen MR) is 71.2 cm³/mol. The van der Waals surface area contributed by atoms with Gasteiger partial charge < -0.3 is 4.42 Å². The van der Waals surface area contributed by atoms with Crippen molar-refractivity contribution in [2.45, 2.75) is 5.25 Å². The van der Waals surface area contributed by atoms with Crippen LogP contribution in [0.1, 0.15) is 16.1 Å². The summed E-state index contributed by atoms with van der Waals surface area (Å²) in [6, 6.07) is 6.34. The molecule has 0 fully saturated rings. The molecular weight excluding hydrogens is 284 g/mol. The number of Topliss-reactive ketones (excluding diaryl/α,β-unsaturated/α-hetero) is 1. The molecule has 1 unspecified atom stereocenters. The Labute approximate surface area is 113 Å². The lowest BCUT2D eigenvalue weighted by molar-refractivity contribution is 0.0992. The third-order valence-electron chi connectivity index (χ3n) is 3.07. The van der Waals surface area contributed by atoms with Gasteiger partial charge in [0.05, 0.1) is 5.39 Å². The summed E-state index contributed by atoms with van der Waals surface area (Å²) in [5.41, 5.74) is -0.655. The summed E-state index contributed by atoms with van der Waals surface area (Å²) in [5, 5.41) is -1.58. The summed E-state index contributed by atoms with van der Waals surface area (Å²) >= 11 is 0. The molecule has 0 amide bonds. The van der Waals surface area contributed by atoms with E-state index in [9.17, 15) is 18.0 Å². The zero-order valence-corrected chi connectivity index (χ0v) is 10.8. The summed E-state index contributed by atoms with van der Waals surface area (Å²) < 4.78 is 36.7. The first kappa shape index (κ1) is 12.8. The summed E-state index contributed by atoms with van der Waals surface area (Å²) in [7, 11) is -4.60. The standard InChI is InChI=1S/C13H8O6S/c14-12-7-3-1-2-4-8(7)19-9-5-6-10(20(16,17)18)13(15)11(9)12/h1-6,10H,(H,16,17,18). The number of carbonyl (C=O) groups excluding carboxylic acids is 1. The second-order valence-electron chi connectivity index (χ2n) is 4.33. The molecule has 1 aromatic heterocycles. The average Bonchev–Trinajstić information content (AvgIpc) is 2.37. The second-order valence-corrected chi connectivity index (χ2v) is 5.86. The molecule has 0 saturated heterocycles. The zero-order valence-electron chi connectivity index (χ0n) is 9.94. The third kappa shape index (κ3) is 1.79. The van der Waals surface area contributed by atoms with E-state index in [1.165, 1.54) is 12.1 Å². The summed E-state index contributed by atoms with van der Waals surface area (Å²) in [5.74, 6) is -0.983. The molecule has 6 nitrogen and oxygen atoms in total. The number of ketones is 1. The van der Waals surface area contributed by atoms with E-state index in [4.69, 9.17) is 8.97 Å². The lowest BCUT2D eigenvalue weighted by Crippen LogP contribution is -2.34. The number of benzene rings is 1. The first-order valence-electron chi connectivity index (χ1n) is 5.64. The van der Waals surface area contributed by atoms with Crippen molar-refractivity contribution in [2.24, 2.45) is 0 Å². The highest BCUT2D eigenvalue weighted by Gasteiger charge is 2.36. The smallest absolute Gasteiger partial charge is 0.279 e. The van der Waals surface area contributed by atoms with Gasteiger partial charge in [-0.3, -0.25) is 14.1 Å². The number of fused-ring (bicyclic) bond motifs is 2. The van der Waals surface area contributed by atoms with Crippen LogP contribution in [0.25, 0.3) is 17.0 Å². The van der Waals surface area contributed by atoms with E-state index in [1.54, 1.807) is 18.2 Å². The fraction of sp³-hybridized carbons (Fsp3) is 0.0769. The van der Waals surface area contributed by atoms with Gasteiger partial charge in [-0.15, -0.1) is 0 Å². The Balaban J connectivity index is 2.36. The molecule has 1 aromatic carbocycles. The monoisotopic (exact) mass is 292 g/mol. The molecule has 1 atom stereocenters. The Bertz CT molecular complexity index is 920. The van der Waals surface area contributed by atoms with Gasteiger partial charge in [-0.1, -0.05) is 18.2 Å². The summed E-state index contributed by atoms with van der Waals surface area (Å²) in [6.45, 7) is 0. The van der Waals surface area contributed by atoms with Crippen molar-refractivity contribution >= 4 is 32.9 Å². The van der Waals surface area contributed by atoms with E-state index in [1.807, 2.05) is 0 Å². The molecule has 1 aliphatic carbocycles. The third-order valence-corrected chi connectivity index (χ3v) is 4.09. The lowest BCUT2D eigenvalue weighted by Gasteiger charge is -2.14. The minimum absolute atomic E-state index is 0.00130. The van der Waals surface area contributed by atoms with Crippen LogP contribution < -0.4 is 5.43 Å². The first-order chi connectivity index (χ1) is 9.39. The van der Waals surface area contributed by atoms with Crippen LogP contribution in [0.2, 0.25) is 0 Å². The van der Waals surface area contributed by atoms with Crippen LogP contribution in [0.5, 0.6) is 0 Å². The van der Waals surface area contributed by atoms with Gasteiger partial charge in [0.25, 0.3) is 10.1 Å². The van der Waals surface area contributed by atoms with Crippen LogP contribution in [-0.2, 0) is 10.1 Å². The molecule has 20 heavy (non-hydrogen) atoms. The van der Waals surface area contributed by atoms with Crippen LogP contribution in [0, 0.1) is 0 Å². The van der Waals surface area contributed by atoms with E-state index in [0.717, 1.165) is 6.08 Å². The van der Waals surface area contributed by atoms with Gasteiger partial charge in [0, 0.05) is 0 Å². The van der Waals surface area contributed by atoms with Gasteiger partial charge in [0.2, 0.25) is 5.43 Å². The van der Waals surface area contributed by atoms with E-state index >= 15 is 0 Å². The maximum absolute atomic E-state index is 12.3. The van der Waals surface area contributed by atoms with E-state index in [-0.39, 0.29) is 16.7 Å². The molecule has 0 spiro atoms. The molecule has 0 bridgehead atoms. The molecule has 3 rings (SSSR count). The highest BCUT2D eigenvalue weighted by molar-refractivity contribution is 7.87. The molecular formula is C13H8O6S. The van der Waals surface area contributed by atoms with Crippen LogP contribution in [0.4, 0.5) is 0 Å². The number of carbonyl (C=O) groups is 1. The molecule has 1 N–H and O–H groups in total. The maximum atomic E-state index is 12.3. The van der Waals surface area contributed by atoms with Crippen LogP contribution in [0.15, 0.2) is 39.6 Å². The van der Waals surface area contributed by atoms with Crippen molar-refractivity contribution in [1.29, 1.82) is 0 Å². The minimum atomic E-state index is -4.60. The fourth-order valence-electron chi connectivity index (χ4n) is 2.15. The summed E-state index contributed by atoms with van der Waals surface area (Å²) in [4.78, 5) is 24.3. The largest absolute Gasteiger partial charge is 0.456 e. The van der Waals surface area contributed by atoms with Gasteiger partial charge in [-0.2, -0.15) is 8.42 Å². The zero-order chi connectivity index (χ0) is 14.5. The normalized spacial score (nSPS) is 18.2. The van der Waals surface area contributed by atoms with Gasteiger partial charge in [-0.25, -0.2) is 0 Å². The Kier molecular flexibility index (Phi) is 2.63. The van der Waals surface area contributed by atoms with Crippen LogP contribution >= 0.6 is 0 Å². The lowest BCUT2D eigenvalue weighted by atomic mass is 9.99. The van der Waals surface area contributed by atoms with Crippen molar-refractivity contribution in [3.63, 3.8) is 0 Å². The van der Waals surface area contributed by atoms with Gasteiger partial charge >= 0.3 is 0 Å². The Hall–Kier alpha value is -2.25. The molecule has 0 saturated carbocycles. The van der Waals surface area contributed by atoms with Crippen molar-refractivity contribution in [2.75, 3.05) is 0 Å². The first-order valence-corrected chi connectivity index (χ1v) is 7.14. The Morgan fingerprint density at radius 2 is 1.85 bits per heavy atom. The minimum Gasteiger partial charge on any atom is -0.456 e. The highest BCUT2D eigenvalue weighted by atomic mass is 32.2. The number of para-hydroxylation sites is 1. The van der Waals surface area contributed by atoms with Crippen LogP contribution in [-0.4, -0.2) is 24.0 Å². The van der Waals surface area contributed by atoms with E-state index in [0.29, 0.717) is 5.58 Å². The second kappa shape index (κ2) is 4.12. The van der Waals surface area contributed by atoms with Gasteiger partial charge in [-0.05, 0) is 18.2 Å². The maximum Gasteiger partial charge on any atom is 0.279 e. The number of hydrogen-bond donors (Lipinski definition) is 1. The molecule has 7 heteroatoms. The molecule has 1 aliphatic rings. The number of hydrogen-bond acceptors (Lipinski definition) is 5. The number of rotatable bonds is 1. The summed E-state index contributed by atoms with van der Waals surface area (Å²) in [6.07, 6.45) is 2.21. The quantitative estimate of drug-likeness (QED) is 0.794. The Morgan fingerprint density at radius 1 is 1.15 bits per heavy atom. The average molecular weight is 292 g/mol. The van der Waals surface area contributed by atoms with Crippen molar-refractivity contribution < 1.29 is 22.2 Å².